The molecule has 1 N–H and O–H groups in total. The molecule has 70 valence electrons. The van der Waals surface area contributed by atoms with Crippen LogP contribution < -0.4 is 0 Å². The van der Waals surface area contributed by atoms with Crippen LogP contribution in [-0.2, 0) is 0 Å². The maximum absolute atomic E-state index is 4.21. The van der Waals surface area contributed by atoms with E-state index >= 15 is 0 Å². The van der Waals surface area contributed by atoms with Crippen molar-refractivity contribution in [3.63, 3.8) is 0 Å². The molecule has 0 bridgehead atoms. The molecule has 0 spiro atoms. The highest BCUT2D eigenvalue weighted by Gasteiger charge is 1.89. The van der Waals surface area contributed by atoms with Crippen molar-refractivity contribution in [3.05, 3.63) is 46.6 Å². The van der Waals surface area contributed by atoms with E-state index in [1.54, 1.807) is 12.4 Å². The van der Waals surface area contributed by atoms with E-state index in [1.807, 2.05) is 30.3 Å². The molecule has 1 aromatic heterocycles. The van der Waals surface area contributed by atoms with Gasteiger partial charge in [0.15, 0.2) is 0 Å². The summed E-state index contributed by atoms with van der Waals surface area (Å²) in [7, 11) is 0. The fourth-order valence-corrected chi connectivity index (χ4v) is 1.28. The predicted molar refractivity (Wildman–Crippen MR) is 60.0 cm³/mol. The van der Waals surface area contributed by atoms with E-state index < -0.39 is 0 Å². The minimum atomic E-state index is 0.757. The Morgan fingerprint density at radius 1 is 1.21 bits per heavy atom. The van der Waals surface area contributed by atoms with Gasteiger partial charge in [0.25, 0.3) is 0 Å². The molecule has 1 heterocycles. The van der Waals surface area contributed by atoms with E-state index in [0.29, 0.717) is 0 Å². The number of hydrogen-bond acceptors (Lipinski definition) is 2. The lowest BCUT2D eigenvalue weighted by molar-refractivity contribution is 1.08. The van der Waals surface area contributed by atoms with E-state index in [2.05, 4.69) is 31.1 Å². The van der Waals surface area contributed by atoms with Crippen molar-refractivity contribution in [1.82, 2.24) is 10.2 Å². The largest absolute Gasteiger partial charge is 0.261 e. The van der Waals surface area contributed by atoms with Gasteiger partial charge in [-0.2, -0.15) is 5.10 Å². The van der Waals surface area contributed by atoms with E-state index in [9.17, 15) is 0 Å². The Balaban J connectivity index is 2.15. The van der Waals surface area contributed by atoms with Crippen LogP contribution in [0.4, 0.5) is 5.82 Å². The van der Waals surface area contributed by atoms with Crippen molar-refractivity contribution in [2.45, 2.75) is 0 Å². The lowest BCUT2D eigenvalue weighted by Gasteiger charge is -1.92. The first-order chi connectivity index (χ1) is 6.84. The van der Waals surface area contributed by atoms with Crippen LogP contribution in [0.3, 0.4) is 0 Å². The summed E-state index contributed by atoms with van der Waals surface area (Å²) >= 11 is 3.37. The zero-order valence-corrected chi connectivity index (χ0v) is 8.90. The van der Waals surface area contributed by atoms with Crippen LogP contribution in [0, 0.1) is 0 Å². The second-order valence-corrected chi connectivity index (χ2v) is 3.67. The van der Waals surface area contributed by atoms with Gasteiger partial charge >= 0.3 is 0 Å². The number of benzene rings is 1. The fraction of sp³-hybridized carbons (Fsp3) is 0. The highest BCUT2D eigenvalue weighted by molar-refractivity contribution is 9.10. The van der Waals surface area contributed by atoms with Crippen molar-refractivity contribution in [2.75, 3.05) is 0 Å². The lowest BCUT2D eigenvalue weighted by Crippen LogP contribution is -1.78. The van der Waals surface area contributed by atoms with E-state index in [0.717, 1.165) is 15.9 Å². The van der Waals surface area contributed by atoms with Gasteiger partial charge in [0.1, 0.15) is 5.82 Å². The number of hydrogen-bond donors (Lipinski definition) is 1. The second-order valence-electron chi connectivity index (χ2n) is 2.75. The number of aliphatic imine (C=N–C) groups is 1. The molecule has 1 aromatic carbocycles. The molecule has 0 amide bonds. The van der Waals surface area contributed by atoms with Crippen LogP contribution in [-0.4, -0.2) is 16.4 Å². The minimum Gasteiger partial charge on any atom is -0.261 e. The molecule has 3 nitrogen and oxygen atoms in total. The van der Waals surface area contributed by atoms with Gasteiger partial charge in [-0.05, 0) is 17.7 Å². The van der Waals surface area contributed by atoms with Crippen molar-refractivity contribution in [1.29, 1.82) is 0 Å². The number of halogens is 1. The van der Waals surface area contributed by atoms with Crippen LogP contribution >= 0.6 is 15.9 Å². The Labute approximate surface area is 90.0 Å². The summed E-state index contributed by atoms with van der Waals surface area (Å²) in [6.45, 7) is 0. The van der Waals surface area contributed by atoms with E-state index in [1.165, 1.54) is 0 Å². The summed E-state index contributed by atoms with van der Waals surface area (Å²) in [6.07, 6.45) is 3.47. The lowest BCUT2D eigenvalue weighted by atomic mass is 10.2. The maximum Gasteiger partial charge on any atom is 0.147 e. The van der Waals surface area contributed by atoms with Crippen molar-refractivity contribution in [3.8, 4) is 0 Å². The number of aromatic amines is 1. The SMILES string of the molecule is Brc1ccc(/C=N\c2ccn[nH]2)cc1. The molecule has 0 unspecified atom stereocenters. The van der Waals surface area contributed by atoms with Gasteiger partial charge in [0, 0.05) is 16.8 Å². The Hall–Kier alpha value is -1.42. The van der Waals surface area contributed by atoms with Crippen LogP contribution in [0.2, 0.25) is 0 Å². The highest BCUT2D eigenvalue weighted by atomic mass is 79.9. The normalized spacial score (nSPS) is 10.9. The average molecular weight is 250 g/mol. The molecule has 0 radical (unpaired) electrons. The molecule has 4 heteroatoms. The Morgan fingerprint density at radius 2 is 2.00 bits per heavy atom. The molecule has 0 saturated heterocycles. The summed E-state index contributed by atoms with van der Waals surface area (Å²) in [5.41, 5.74) is 1.06. The number of aromatic nitrogens is 2. The molecule has 2 rings (SSSR count). The van der Waals surface area contributed by atoms with Crippen LogP contribution in [0.25, 0.3) is 0 Å². The van der Waals surface area contributed by atoms with Gasteiger partial charge in [-0.1, -0.05) is 28.1 Å². The molecule has 0 atom stereocenters. The van der Waals surface area contributed by atoms with Crippen molar-refractivity contribution in [2.24, 2.45) is 4.99 Å². The van der Waals surface area contributed by atoms with Gasteiger partial charge in [-0.3, -0.25) is 5.10 Å². The summed E-state index contributed by atoms with van der Waals surface area (Å²) in [5.74, 6) is 0.757. The van der Waals surface area contributed by atoms with Gasteiger partial charge in [0.05, 0.1) is 6.20 Å². The summed E-state index contributed by atoms with van der Waals surface area (Å²) in [6, 6.07) is 9.76. The monoisotopic (exact) mass is 249 g/mol. The van der Waals surface area contributed by atoms with E-state index in [4.69, 9.17) is 0 Å². The molecule has 0 aliphatic rings. The zero-order chi connectivity index (χ0) is 9.80. The Bertz CT molecular complexity index is 417. The Kier molecular flexibility index (Phi) is 2.74. The van der Waals surface area contributed by atoms with Gasteiger partial charge in [0.2, 0.25) is 0 Å². The van der Waals surface area contributed by atoms with Gasteiger partial charge in [-0.15, -0.1) is 0 Å². The highest BCUT2D eigenvalue weighted by Crippen LogP contribution is 2.10. The first-order valence-electron chi connectivity index (χ1n) is 4.13. The number of rotatable bonds is 2. The number of nitrogens with one attached hydrogen (secondary N) is 1. The molecule has 0 aliphatic carbocycles. The number of H-pyrrole nitrogens is 1. The molecule has 0 aliphatic heterocycles. The quantitative estimate of drug-likeness (QED) is 0.818. The molecule has 14 heavy (non-hydrogen) atoms. The first kappa shape index (κ1) is 9.15. The standard InChI is InChI=1S/C10H8BrN3/c11-9-3-1-8(2-4-9)7-12-10-5-6-13-14-10/h1-7H,(H,13,14)/b12-7-. The Morgan fingerprint density at radius 3 is 2.64 bits per heavy atom. The first-order valence-corrected chi connectivity index (χ1v) is 4.93. The van der Waals surface area contributed by atoms with Crippen LogP contribution in [0.5, 0.6) is 0 Å². The van der Waals surface area contributed by atoms with Crippen molar-refractivity contribution < 1.29 is 0 Å². The summed E-state index contributed by atoms with van der Waals surface area (Å²) in [4.78, 5) is 4.21. The molecule has 2 aromatic rings. The average Bonchev–Trinajstić information content (AvgIpc) is 2.70. The topological polar surface area (TPSA) is 41.0 Å². The summed E-state index contributed by atoms with van der Waals surface area (Å²) < 4.78 is 1.07. The molecule has 0 saturated carbocycles. The van der Waals surface area contributed by atoms with Crippen LogP contribution in [0.15, 0.2) is 46.0 Å². The molecular weight excluding hydrogens is 242 g/mol. The second kappa shape index (κ2) is 4.19. The number of nitrogens with zero attached hydrogens (tertiary/aromatic N) is 2. The van der Waals surface area contributed by atoms with Crippen molar-refractivity contribution >= 4 is 28.0 Å². The third-order valence-corrected chi connectivity index (χ3v) is 2.24. The smallest absolute Gasteiger partial charge is 0.147 e. The predicted octanol–water partition coefficient (Wildman–Crippen LogP) is 2.92. The summed E-state index contributed by atoms with van der Waals surface area (Å²) in [5, 5.41) is 6.56. The molecule has 0 fully saturated rings. The third kappa shape index (κ3) is 2.29. The van der Waals surface area contributed by atoms with E-state index in [-0.39, 0.29) is 0 Å². The third-order valence-electron chi connectivity index (χ3n) is 1.71. The minimum absolute atomic E-state index is 0.757. The van der Waals surface area contributed by atoms with Crippen LogP contribution in [0.1, 0.15) is 5.56 Å². The molecular formula is C10H8BrN3. The van der Waals surface area contributed by atoms with Gasteiger partial charge < -0.3 is 0 Å². The fourth-order valence-electron chi connectivity index (χ4n) is 1.01. The van der Waals surface area contributed by atoms with Gasteiger partial charge in [-0.25, -0.2) is 4.99 Å². The maximum atomic E-state index is 4.21. The zero-order valence-electron chi connectivity index (χ0n) is 7.31.